The van der Waals surface area contributed by atoms with E-state index < -0.39 is 0 Å². The van der Waals surface area contributed by atoms with Crippen LogP contribution < -0.4 is 0 Å². The van der Waals surface area contributed by atoms with Crippen molar-refractivity contribution in [2.45, 2.75) is 34.2 Å². The second-order valence-corrected chi connectivity index (χ2v) is 4.44. The number of rotatable bonds is 4. The summed E-state index contributed by atoms with van der Waals surface area (Å²) in [7, 11) is 0. The van der Waals surface area contributed by atoms with Gasteiger partial charge >= 0.3 is 5.97 Å². The predicted molar refractivity (Wildman–Crippen MR) is 70.2 cm³/mol. The van der Waals surface area contributed by atoms with Crippen molar-refractivity contribution in [3.05, 3.63) is 40.9 Å². The van der Waals surface area contributed by atoms with E-state index in [-0.39, 0.29) is 5.97 Å². The Bertz CT molecular complexity index is 576. The van der Waals surface area contributed by atoms with Gasteiger partial charge in [0.1, 0.15) is 11.5 Å². The van der Waals surface area contributed by atoms with Crippen LogP contribution in [0.4, 0.5) is 0 Å². The SMILES string of the molecule is CCOC(=O)c1c(C)ccn1Cc1nc(C)c(C)o1. The lowest BCUT2D eigenvalue weighted by Crippen LogP contribution is -2.13. The highest BCUT2D eigenvalue weighted by Crippen LogP contribution is 2.15. The molecule has 0 aliphatic rings. The van der Waals surface area contributed by atoms with Gasteiger partial charge in [-0.1, -0.05) is 0 Å². The fourth-order valence-electron chi connectivity index (χ4n) is 1.94. The van der Waals surface area contributed by atoms with Crippen LogP contribution in [0.3, 0.4) is 0 Å². The zero-order valence-electron chi connectivity index (χ0n) is 11.7. The maximum Gasteiger partial charge on any atom is 0.355 e. The molecule has 0 bridgehead atoms. The van der Waals surface area contributed by atoms with Crippen molar-refractivity contribution in [3.8, 4) is 0 Å². The minimum atomic E-state index is -0.315. The summed E-state index contributed by atoms with van der Waals surface area (Å²) in [5.74, 6) is 1.08. The number of hydrogen-bond acceptors (Lipinski definition) is 4. The average molecular weight is 262 g/mol. The second-order valence-electron chi connectivity index (χ2n) is 4.44. The normalized spacial score (nSPS) is 10.7. The molecule has 0 aliphatic carbocycles. The number of carbonyl (C=O) groups is 1. The van der Waals surface area contributed by atoms with E-state index in [0.29, 0.717) is 24.7 Å². The van der Waals surface area contributed by atoms with Gasteiger partial charge in [0, 0.05) is 6.20 Å². The zero-order chi connectivity index (χ0) is 14.0. The summed E-state index contributed by atoms with van der Waals surface area (Å²) in [4.78, 5) is 16.2. The maximum atomic E-state index is 11.9. The monoisotopic (exact) mass is 262 g/mol. The Labute approximate surface area is 112 Å². The third-order valence-corrected chi connectivity index (χ3v) is 3.01. The summed E-state index contributed by atoms with van der Waals surface area (Å²) in [6.07, 6.45) is 1.84. The molecule has 0 spiro atoms. The second kappa shape index (κ2) is 5.30. The first-order valence-corrected chi connectivity index (χ1v) is 6.28. The summed E-state index contributed by atoms with van der Waals surface area (Å²) in [5.41, 5.74) is 2.31. The van der Waals surface area contributed by atoms with Gasteiger partial charge in [-0.15, -0.1) is 0 Å². The smallest absolute Gasteiger partial charge is 0.355 e. The number of oxazole rings is 1. The molecule has 2 aromatic rings. The van der Waals surface area contributed by atoms with Crippen LogP contribution in [0.5, 0.6) is 0 Å². The van der Waals surface area contributed by atoms with Crippen LogP contribution >= 0.6 is 0 Å². The Morgan fingerprint density at radius 3 is 2.74 bits per heavy atom. The van der Waals surface area contributed by atoms with Crippen LogP contribution in [0.25, 0.3) is 0 Å². The zero-order valence-corrected chi connectivity index (χ0v) is 11.7. The quantitative estimate of drug-likeness (QED) is 0.795. The fourth-order valence-corrected chi connectivity index (χ4v) is 1.94. The van der Waals surface area contributed by atoms with E-state index in [1.54, 1.807) is 11.5 Å². The van der Waals surface area contributed by atoms with Crippen molar-refractivity contribution in [1.29, 1.82) is 0 Å². The largest absolute Gasteiger partial charge is 0.461 e. The molecule has 0 radical (unpaired) electrons. The van der Waals surface area contributed by atoms with Gasteiger partial charge in [0.05, 0.1) is 18.8 Å². The van der Waals surface area contributed by atoms with E-state index in [9.17, 15) is 4.79 Å². The van der Waals surface area contributed by atoms with Crippen molar-refractivity contribution in [1.82, 2.24) is 9.55 Å². The van der Waals surface area contributed by atoms with E-state index in [1.807, 2.05) is 33.0 Å². The Hall–Kier alpha value is -2.04. The van der Waals surface area contributed by atoms with Gasteiger partial charge in [-0.05, 0) is 39.3 Å². The molecule has 2 rings (SSSR count). The molecule has 102 valence electrons. The highest BCUT2D eigenvalue weighted by Gasteiger charge is 2.17. The van der Waals surface area contributed by atoms with E-state index in [2.05, 4.69) is 4.98 Å². The standard InChI is InChI=1S/C14H18N2O3/c1-5-18-14(17)13-9(2)6-7-16(13)8-12-15-10(3)11(4)19-12/h6-7H,5,8H2,1-4H3. The number of hydrogen-bond donors (Lipinski definition) is 0. The Morgan fingerprint density at radius 1 is 1.42 bits per heavy atom. The molecule has 0 fully saturated rings. The number of carbonyl (C=O) groups excluding carboxylic acids is 1. The van der Waals surface area contributed by atoms with Crippen molar-refractivity contribution in [3.63, 3.8) is 0 Å². The van der Waals surface area contributed by atoms with E-state index >= 15 is 0 Å². The Morgan fingerprint density at radius 2 is 2.16 bits per heavy atom. The first-order chi connectivity index (χ1) is 9.02. The minimum absolute atomic E-state index is 0.315. The predicted octanol–water partition coefficient (Wildman–Crippen LogP) is 2.63. The number of aryl methyl sites for hydroxylation is 3. The van der Waals surface area contributed by atoms with Crippen LogP contribution in [-0.4, -0.2) is 22.1 Å². The maximum absolute atomic E-state index is 11.9. The average Bonchev–Trinajstić information content (AvgIpc) is 2.84. The highest BCUT2D eigenvalue weighted by molar-refractivity contribution is 5.89. The van der Waals surface area contributed by atoms with Crippen molar-refractivity contribution in [2.24, 2.45) is 0 Å². The van der Waals surface area contributed by atoms with Gasteiger partial charge in [-0.2, -0.15) is 0 Å². The third kappa shape index (κ3) is 2.70. The highest BCUT2D eigenvalue weighted by atomic mass is 16.5. The lowest BCUT2D eigenvalue weighted by molar-refractivity contribution is 0.0513. The molecule has 19 heavy (non-hydrogen) atoms. The lowest BCUT2D eigenvalue weighted by atomic mass is 10.3. The number of aromatic nitrogens is 2. The summed E-state index contributed by atoms with van der Waals surface area (Å²) in [6.45, 7) is 8.24. The summed E-state index contributed by atoms with van der Waals surface area (Å²) < 4.78 is 12.4. The van der Waals surface area contributed by atoms with Crippen molar-refractivity contribution >= 4 is 5.97 Å². The molecular weight excluding hydrogens is 244 g/mol. The van der Waals surface area contributed by atoms with Crippen LogP contribution in [0, 0.1) is 20.8 Å². The molecule has 0 amide bonds. The number of ether oxygens (including phenoxy) is 1. The first kappa shape index (κ1) is 13.4. The van der Waals surface area contributed by atoms with E-state index in [1.165, 1.54) is 0 Å². The Balaban J connectivity index is 2.28. The molecule has 5 nitrogen and oxygen atoms in total. The molecule has 0 saturated heterocycles. The first-order valence-electron chi connectivity index (χ1n) is 6.28. The van der Waals surface area contributed by atoms with Gasteiger partial charge in [-0.3, -0.25) is 0 Å². The Kier molecular flexibility index (Phi) is 3.74. The lowest BCUT2D eigenvalue weighted by Gasteiger charge is -2.07. The molecule has 0 atom stereocenters. The van der Waals surface area contributed by atoms with Crippen LogP contribution in [0.2, 0.25) is 0 Å². The van der Waals surface area contributed by atoms with Gasteiger partial charge in [0.2, 0.25) is 5.89 Å². The minimum Gasteiger partial charge on any atom is -0.461 e. The summed E-state index contributed by atoms with van der Waals surface area (Å²) >= 11 is 0. The van der Waals surface area contributed by atoms with Crippen LogP contribution in [0.15, 0.2) is 16.7 Å². The molecule has 2 heterocycles. The topological polar surface area (TPSA) is 57.3 Å². The van der Waals surface area contributed by atoms with Gasteiger partial charge in [0.15, 0.2) is 0 Å². The number of nitrogens with zero attached hydrogens (tertiary/aromatic N) is 2. The molecule has 0 saturated carbocycles. The molecule has 0 aliphatic heterocycles. The molecule has 0 aromatic carbocycles. The van der Waals surface area contributed by atoms with Crippen LogP contribution in [-0.2, 0) is 11.3 Å². The van der Waals surface area contributed by atoms with Gasteiger partial charge < -0.3 is 13.7 Å². The van der Waals surface area contributed by atoms with Crippen molar-refractivity contribution in [2.75, 3.05) is 6.61 Å². The van der Waals surface area contributed by atoms with Crippen LogP contribution in [0.1, 0.15) is 40.3 Å². The number of esters is 1. The fraction of sp³-hybridized carbons (Fsp3) is 0.429. The van der Waals surface area contributed by atoms with E-state index in [4.69, 9.17) is 9.15 Å². The molecule has 0 unspecified atom stereocenters. The van der Waals surface area contributed by atoms with Gasteiger partial charge in [0.25, 0.3) is 0 Å². The molecule has 5 heteroatoms. The molecule has 2 aromatic heterocycles. The summed E-state index contributed by atoms with van der Waals surface area (Å²) in [6, 6.07) is 1.88. The van der Waals surface area contributed by atoms with E-state index in [0.717, 1.165) is 17.0 Å². The van der Waals surface area contributed by atoms with Gasteiger partial charge in [-0.25, -0.2) is 9.78 Å². The third-order valence-electron chi connectivity index (χ3n) is 3.01. The summed E-state index contributed by atoms with van der Waals surface area (Å²) in [5, 5.41) is 0. The van der Waals surface area contributed by atoms with Crippen molar-refractivity contribution < 1.29 is 13.9 Å². The molecule has 0 N–H and O–H groups in total. The molecular formula is C14H18N2O3.